The SMILES string of the molecule is CCCCC(CC)(CC)C(=O)OOC(=O)OCC. The van der Waals surface area contributed by atoms with Crippen LogP contribution in [0.5, 0.6) is 0 Å². The van der Waals surface area contributed by atoms with Crippen LogP contribution in [-0.2, 0) is 19.3 Å². The Morgan fingerprint density at radius 1 is 1.00 bits per heavy atom. The summed E-state index contributed by atoms with van der Waals surface area (Å²) in [5, 5.41) is 0. The molecule has 0 heterocycles. The molecule has 0 aliphatic heterocycles. The number of ether oxygens (including phenoxy) is 1. The topological polar surface area (TPSA) is 61.8 Å². The van der Waals surface area contributed by atoms with Crippen LogP contribution in [0.4, 0.5) is 4.79 Å². The maximum atomic E-state index is 12.0. The Kier molecular flexibility index (Phi) is 8.16. The van der Waals surface area contributed by atoms with Crippen molar-refractivity contribution < 1.29 is 24.1 Å². The fourth-order valence-corrected chi connectivity index (χ4v) is 1.81. The van der Waals surface area contributed by atoms with Gasteiger partial charge >= 0.3 is 12.1 Å². The third kappa shape index (κ3) is 4.94. The lowest BCUT2D eigenvalue weighted by molar-refractivity contribution is -0.254. The molecule has 0 amide bonds. The average molecular weight is 260 g/mol. The van der Waals surface area contributed by atoms with Crippen LogP contribution in [0.3, 0.4) is 0 Å². The number of carbonyl (C=O) groups is 2. The molecule has 18 heavy (non-hydrogen) atoms. The highest BCUT2D eigenvalue weighted by Gasteiger charge is 2.37. The van der Waals surface area contributed by atoms with E-state index >= 15 is 0 Å². The summed E-state index contributed by atoms with van der Waals surface area (Å²) >= 11 is 0. The maximum Gasteiger partial charge on any atom is 0.549 e. The normalized spacial score (nSPS) is 10.9. The smallest absolute Gasteiger partial charge is 0.432 e. The standard InChI is InChI=1S/C13H24O5/c1-5-9-10-13(6-2,7-3)11(14)17-18-12(15)16-8-4/h5-10H2,1-4H3. The van der Waals surface area contributed by atoms with Gasteiger partial charge in [0.25, 0.3) is 0 Å². The highest BCUT2D eigenvalue weighted by molar-refractivity contribution is 5.77. The lowest BCUT2D eigenvalue weighted by Gasteiger charge is -2.27. The Balaban J connectivity index is 4.42. The molecule has 0 aromatic carbocycles. The molecule has 5 heteroatoms. The van der Waals surface area contributed by atoms with Gasteiger partial charge in [-0.2, -0.15) is 4.79 Å². The van der Waals surface area contributed by atoms with Gasteiger partial charge in [-0.15, -0.1) is 0 Å². The minimum absolute atomic E-state index is 0.179. The molecule has 0 spiro atoms. The van der Waals surface area contributed by atoms with Crippen molar-refractivity contribution in [2.75, 3.05) is 6.61 Å². The first kappa shape index (κ1) is 16.7. The highest BCUT2D eigenvalue weighted by atomic mass is 17.2. The molecular formula is C13H24O5. The fourth-order valence-electron chi connectivity index (χ4n) is 1.81. The molecule has 0 atom stereocenters. The fraction of sp³-hybridized carbons (Fsp3) is 0.846. The molecule has 0 radical (unpaired) electrons. The second kappa shape index (κ2) is 8.78. The quantitative estimate of drug-likeness (QED) is 0.397. The molecule has 0 bridgehead atoms. The first-order chi connectivity index (χ1) is 8.56. The van der Waals surface area contributed by atoms with Crippen LogP contribution in [0.1, 0.15) is 59.8 Å². The van der Waals surface area contributed by atoms with Gasteiger partial charge in [0.1, 0.15) is 0 Å². The summed E-state index contributed by atoms with van der Waals surface area (Å²) in [5.41, 5.74) is -0.567. The number of unbranched alkanes of at least 4 members (excludes halogenated alkanes) is 1. The van der Waals surface area contributed by atoms with Crippen molar-refractivity contribution >= 4 is 12.1 Å². The first-order valence-corrected chi connectivity index (χ1v) is 6.62. The molecule has 0 aliphatic rings. The van der Waals surface area contributed by atoms with Gasteiger partial charge in [0.05, 0.1) is 12.0 Å². The molecule has 0 rings (SSSR count). The van der Waals surface area contributed by atoms with Crippen molar-refractivity contribution in [3.8, 4) is 0 Å². The lowest BCUT2D eigenvalue weighted by Crippen LogP contribution is -2.32. The molecule has 0 fully saturated rings. The van der Waals surface area contributed by atoms with E-state index in [0.29, 0.717) is 12.8 Å². The van der Waals surface area contributed by atoms with E-state index in [4.69, 9.17) is 0 Å². The Hall–Kier alpha value is -1.26. The molecule has 0 unspecified atom stereocenters. The van der Waals surface area contributed by atoms with Crippen molar-refractivity contribution in [2.45, 2.75) is 59.8 Å². The van der Waals surface area contributed by atoms with E-state index in [-0.39, 0.29) is 6.61 Å². The minimum Gasteiger partial charge on any atom is -0.432 e. The van der Waals surface area contributed by atoms with Crippen molar-refractivity contribution in [2.24, 2.45) is 5.41 Å². The summed E-state index contributed by atoms with van der Waals surface area (Å²) in [6, 6.07) is 0. The van der Waals surface area contributed by atoms with Gasteiger partial charge in [-0.1, -0.05) is 33.6 Å². The number of hydrogen-bond donors (Lipinski definition) is 0. The molecule has 106 valence electrons. The Morgan fingerprint density at radius 3 is 2.06 bits per heavy atom. The van der Waals surface area contributed by atoms with Gasteiger partial charge in [0.2, 0.25) is 0 Å². The van der Waals surface area contributed by atoms with E-state index in [1.807, 2.05) is 13.8 Å². The van der Waals surface area contributed by atoms with Crippen LogP contribution >= 0.6 is 0 Å². The number of carbonyl (C=O) groups excluding carboxylic acids is 2. The number of hydrogen-bond acceptors (Lipinski definition) is 5. The van der Waals surface area contributed by atoms with E-state index in [2.05, 4.69) is 21.4 Å². The first-order valence-electron chi connectivity index (χ1n) is 6.62. The summed E-state index contributed by atoms with van der Waals surface area (Å²) in [4.78, 5) is 31.8. The van der Waals surface area contributed by atoms with Crippen LogP contribution in [-0.4, -0.2) is 18.7 Å². The van der Waals surface area contributed by atoms with Gasteiger partial charge in [-0.25, -0.2) is 14.6 Å². The molecule has 0 aromatic heterocycles. The van der Waals surface area contributed by atoms with Crippen LogP contribution in [0.15, 0.2) is 0 Å². The van der Waals surface area contributed by atoms with Gasteiger partial charge < -0.3 is 4.74 Å². The molecule has 0 saturated heterocycles. The average Bonchev–Trinajstić information content (AvgIpc) is 2.38. The van der Waals surface area contributed by atoms with Crippen molar-refractivity contribution in [1.29, 1.82) is 0 Å². The zero-order chi connectivity index (χ0) is 14.0. The summed E-state index contributed by atoms with van der Waals surface area (Å²) in [6.45, 7) is 7.76. The Bertz CT molecular complexity index is 258. The molecule has 5 nitrogen and oxygen atoms in total. The van der Waals surface area contributed by atoms with Crippen molar-refractivity contribution in [1.82, 2.24) is 0 Å². The van der Waals surface area contributed by atoms with E-state index in [1.165, 1.54) is 0 Å². The van der Waals surface area contributed by atoms with Crippen molar-refractivity contribution in [3.05, 3.63) is 0 Å². The van der Waals surface area contributed by atoms with E-state index in [9.17, 15) is 9.59 Å². The minimum atomic E-state index is -0.984. The van der Waals surface area contributed by atoms with E-state index in [1.54, 1.807) is 6.92 Å². The predicted molar refractivity (Wildman–Crippen MR) is 66.7 cm³/mol. The monoisotopic (exact) mass is 260 g/mol. The van der Waals surface area contributed by atoms with Crippen LogP contribution in [0, 0.1) is 5.41 Å². The lowest BCUT2D eigenvalue weighted by atomic mass is 9.78. The van der Waals surface area contributed by atoms with Gasteiger partial charge in [0, 0.05) is 0 Å². The van der Waals surface area contributed by atoms with E-state index < -0.39 is 17.5 Å². The molecule has 0 saturated carbocycles. The summed E-state index contributed by atoms with van der Waals surface area (Å²) in [6.07, 6.45) is 3.02. The van der Waals surface area contributed by atoms with Crippen LogP contribution in [0.2, 0.25) is 0 Å². The third-order valence-corrected chi connectivity index (χ3v) is 3.24. The number of rotatable bonds is 7. The molecular weight excluding hydrogens is 236 g/mol. The Labute approximate surface area is 109 Å². The van der Waals surface area contributed by atoms with Gasteiger partial charge in [-0.05, 0) is 26.2 Å². The second-order valence-corrected chi connectivity index (χ2v) is 4.23. The summed E-state index contributed by atoms with van der Waals surface area (Å²) in [5.74, 6) is -0.492. The highest BCUT2D eigenvalue weighted by Crippen LogP contribution is 2.34. The third-order valence-electron chi connectivity index (χ3n) is 3.24. The summed E-state index contributed by atoms with van der Waals surface area (Å²) < 4.78 is 4.51. The van der Waals surface area contributed by atoms with E-state index in [0.717, 1.165) is 19.3 Å². The molecule has 0 N–H and O–H groups in total. The Morgan fingerprint density at radius 2 is 1.61 bits per heavy atom. The summed E-state index contributed by atoms with van der Waals surface area (Å²) in [7, 11) is 0. The zero-order valence-electron chi connectivity index (χ0n) is 11.8. The largest absolute Gasteiger partial charge is 0.549 e. The molecule has 0 aromatic rings. The van der Waals surface area contributed by atoms with Crippen molar-refractivity contribution in [3.63, 3.8) is 0 Å². The van der Waals surface area contributed by atoms with Crippen LogP contribution < -0.4 is 0 Å². The molecule has 0 aliphatic carbocycles. The van der Waals surface area contributed by atoms with Gasteiger partial charge in [0.15, 0.2) is 0 Å². The van der Waals surface area contributed by atoms with Crippen LogP contribution in [0.25, 0.3) is 0 Å². The predicted octanol–water partition coefficient (Wildman–Crippen LogP) is 3.61. The maximum absolute atomic E-state index is 12.0. The zero-order valence-corrected chi connectivity index (χ0v) is 11.8. The van der Waals surface area contributed by atoms with Gasteiger partial charge in [-0.3, -0.25) is 0 Å². The second-order valence-electron chi connectivity index (χ2n) is 4.23.